The molecule has 6 heteroatoms. The van der Waals surface area contributed by atoms with Crippen molar-refractivity contribution >= 4 is 40.5 Å². The number of hydrogen-bond acceptors (Lipinski definition) is 3. The highest BCUT2D eigenvalue weighted by molar-refractivity contribution is 6.42. The smallest absolute Gasteiger partial charge is 0.227 e. The van der Waals surface area contributed by atoms with Crippen LogP contribution in [0.25, 0.3) is 0 Å². The number of para-hydroxylation sites is 2. The highest BCUT2D eigenvalue weighted by Gasteiger charge is 2.16. The SMILES string of the molecule is O=C(CCOc1ccc(Cl)c(Cl)c1)Nc1ccccc1N1CCCC1. The van der Waals surface area contributed by atoms with Crippen molar-refractivity contribution in [3.05, 3.63) is 52.5 Å². The van der Waals surface area contributed by atoms with E-state index in [1.54, 1.807) is 18.2 Å². The van der Waals surface area contributed by atoms with E-state index in [0.29, 0.717) is 15.8 Å². The molecule has 0 atom stereocenters. The molecule has 0 radical (unpaired) electrons. The first-order valence-electron chi connectivity index (χ1n) is 8.35. The van der Waals surface area contributed by atoms with Gasteiger partial charge in [-0.05, 0) is 37.1 Å². The molecule has 132 valence electrons. The van der Waals surface area contributed by atoms with Crippen LogP contribution in [0, 0.1) is 0 Å². The number of rotatable bonds is 6. The average molecular weight is 379 g/mol. The van der Waals surface area contributed by atoms with E-state index in [9.17, 15) is 4.79 Å². The molecule has 0 aliphatic carbocycles. The maximum Gasteiger partial charge on any atom is 0.227 e. The van der Waals surface area contributed by atoms with Crippen LogP contribution in [0.4, 0.5) is 11.4 Å². The van der Waals surface area contributed by atoms with Crippen LogP contribution in [0.15, 0.2) is 42.5 Å². The maximum absolute atomic E-state index is 12.2. The standard InChI is InChI=1S/C19H20Cl2N2O2/c20-15-8-7-14(13-16(15)21)25-12-9-19(24)22-17-5-1-2-6-18(17)23-10-3-4-11-23/h1-2,5-8,13H,3-4,9-12H2,(H,22,24). The normalized spacial score (nSPS) is 13.8. The number of carbonyl (C=O) groups excluding carboxylic acids is 1. The molecule has 0 spiro atoms. The van der Waals surface area contributed by atoms with E-state index < -0.39 is 0 Å². The van der Waals surface area contributed by atoms with E-state index in [1.165, 1.54) is 12.8 Å². The van der Waals surface area contributed by atoms with Gasteiger partial charge in [0.1, 0.15) is 5.75 Å². The molecule has 1 heterocycles. The van der Waals surface area contributed by atoms with Crippen molar-refractivity contribution in [3.8, 4) is 5.75 Å². The number of nitrogens with one attached hydrogen (secondary N) is 1. The summed E-state index contributed by atoms with van der Waals surface area (Å²) in [6, 6.07) is 13.0. The van der Waals surface area contributed by atoms with Crippen LogP contribution in [0.2, 0.25) is 10.0 Å². The Morgan fingerprint density at radius 2 is 1.84 bits per heavy atom. The van der Waals surface area contributed by atoms with Gasteiger partial charge in [0.2, 0.25) is 5.91 Å². The van der Waals surface area contributed by atoms with Crippen molar-refractivity contribution in [2.24, 2.45) is 0 Å². The fourth-order valence-corrected chi connectivity index (χ4v) is 3.14. The molecule has 0 unspecified atom stereocenters. The van der Waals surface area contributed by atoms with Gasteiger partial charge in [-0.25, -0.2) is 0 Å². The Balaban J connectivity index is 1.53. The minimum absolute atomic E-state index is 0.0771. The Morgan fingerprint density at radius 3 is 2.60 bits per heavy atom. The molecule has 1 fully saturated rings. The van der Waals surface area contributed by atoms with E-state index in [2.05, 4.69) is 10.2 Å². The summed E-state index contributed by atoms with van der Waals surface area (Å²) in [5, 5.41) is 3.90. The summed E-state index contributed by atoms with van der Waals surface area (Å²) in [6.07, 6.45) is 2.65. The minimum atomic E-state index is -0.0771. The summed E-state index contributed by atoms with van der Waals surface area (Å²) in [5.74, 6) is 0.520. The second-order valence-electron chi connectivity index (χ2n) is 5.93. The summed E-state index contributed by atoms with van der Waals surface area (Å²) in [4.78, 5) is 14.5. The Labute approximate surface area is 157 Å². The molecule has 4 nitrogen and oxygen atoms in total. The lowest BCUT2D eigenvalue weighted by molar-refractivity contribution is -0.116. The monoisotopic (exact) mass is 378 g/mol. The largest absolute Gasteiger partial charge is 0.493 e. The van der Waals surface area contributed by atoms with E-state index in [-0.39, 0.29) is 18.9 Å². The number of halogens is 2. The fraction of sp³-hybridized carbons (Fsp3) is 0.316. The number of ether oxygens (including phenoxy) is 1. The van der Waals surface area contributed by atoms with Crippen LogP contribution in [-0.4, -0.2) is 25.6 Å². The predicted octanol–water partition coefficient (Wildman–Crippen LogP) is 5.00. The molecule has 2 aromatic carbocycles. The fourth-order valence-electron chi connectivity index (χ4n) is 2.85. The molecule has 1 amide bonds. The van der Waals surface area contributed by atoms with Crippen molar-refractivity contribution in [2.45, 2.75) is 19.3 Å². The van der Waals surface area contributed by atoms with Gasteiger partial charge in [0.05, 0.1) is 34.4 Å². The lowest BCUT2D eigenvalue weighted by Crippen LogP contribution is -2.21. The molecule has 2 aromatic rings. The van der Waals surface area contributed by atoms with Gasteiger partial charge in [-0.15, -0.1) is 0 Å². The van der Waals surface area contributed by atoms with Gasteiger partial charge in [-0.2, -0.15) is 0 Å². The lowest BCUT2D eigenvalue weighted by atomic mass is 10.2. The second-order valence-corrected chi connectivity index (χ2v) is 6.75. The summed E-state index contributed by atoms with van der Waals surface area (Å²) >= 11 is 11.8. The van der Waals surface area contributed by atoms with Gasteiger partial charge in [0, 0.05) is 19.2 Å². The zero-order chi connectivity index (χ0) is 17.6. The van der Waals surface area contributed by atoms with E-state index in [0.717, 1.165) is 24.5 Å². The molecule has 1 saturated heterocycles. The number of nitrogens with zero attached hydrogens (tertiary/aromatic N) is 1. The van der Waals surface area contributed by atoms with Gasteiger partial charge in [-0.1, -0.05) is 35.3 Å². The quantitative estimate of drug-likeness (QED) is 0.768. The van der Waals surface area contributed by atoms with Gasteiger partial charge < -0.3 is 15.0 Å². The Hall–Kier alpha value is -1.91. The number of amides is 1. The summed E-state index contributed by atoms with van der Waals surface area (Å²) in [7, 11) is 0. The van der Waals surface area contributed by atoms with Crippen LogP contribution in [-0.2, 0) is 4.79 Å². The Kier molecular flexibility index (Phi) is 6.05. The molecule has 0 aromatic heterocycles. The first kappa shape index (κ1) is 17.9. The molecule has 1 aliphatic rings. The highest BCUT2D eigenvalue weighted by atomic mass is 35.5. The van der Waals surface area contributed by atoms with Crippen molar-refractivity contribution in [3.63, 3.8) is 0 Å². The number of benzene rings is 2. The molecular weight excluding hydrogens is 359 g/mol. The first-order chi connectivity index (χ1) is 12.1. The molecular formula is C19H20Cl2N2O2. The van der Waals surface area contributed by atoms with E-state index in [4.69, 9.17) is 27.9 Å². The third-order valence-corrected chi connectivity index (χ3v) is 4.85. The van der Waals surface area contributed by atoms with Crippen molar-refractivity contribution in [1.82, 2.24) is 0 Å². The number of carbonyl (C=O) groups is 1. The van der Waals surface area contributed by atoms with Gasteiger partial charge in [0.25, 0.3) is 0 Å². The lowest BCUT2D eigenvalue weighted by Gasteiger charge is -2.21. The molecule has 25 heavy (non-hydrogen) atoms. The summed E-state index contributed by atoms with van der Waals surface area (Å²) in [5.41, 5.74) is 1.93. The number of anilines is 2. The summed E-state index contributed by atoms with van der Waals surface area (Å²) in [6.45, 7) is 2.34. The van der Waals surface area contributed by atoms with Crippen LogP contribution in [0.3, 0.4) is 0 Å². The zero-order valence-electron chi connectivity index (χ0n) is 13.8. The van der Waals surface area contributed by atoms with Crippen LogP contribution in [0.1, 0.15) is 19.3 Å². The summed E-state index contributed by atoms with van der Waals surface area (Å²) < 4.78 is 5.57. The third kappa shape index (κ3) is 4.80. The van der Waals surface area contributed by atoms with Crippen molar-refractivity contribution < 1.29 is 9.53 Å². The van der Waals surface area contributed by atoms with Crippen LogP contribution < -0.4 is 15.0 Å². The predicted molar refractivity (Wildman–Crippen MR) is 103 cm³/mol. The molecule has 0 bridgehead atoms. The molecule has 1 aliphatic heterocycles. The first-order valence-corrected chi connectivity index (χ1v) is 9.11. The third-order valence-electron chi connectivity index (χ3n) is 4.11. The Morgan fingerprint density at radius 1 is 1.08 bits per heavy atom. The molecule has 3 rings (SSSR count). The van der Waals surface area contributed by atoms with Gasteiger partial charge in [-0.3, -0.25) is 4.79 Å². The maximum atomic E-state index is 12.2. The minimum Gasteiger partial charge on any atom is -0.493 e. The average Bonchev–Trinajstić information content (AvgIpc) is 3.13. The second kappa shape index (κ2) is 8.45. The van der Waals surface area contributed by atoms with Crippen molar-refractivity contribution in [2.75, 3.05) is 29.9 Å². The van der Waals surface area contributed by atoms with Gasteiger partial charge in [0.15, 0.2) is 0 Å². The van der Waals surface area contributed by atoms with Crippen LogP contribution in [0.5, 0.6) is 5.75 Å². The molecule has 0 saturated carbocycles. The van der Waals surface area contributed by atoms with Crippen molar-refractivity contribution in [1.29, 1.82) is 0 Å². The van der Waals surface area contributed by atoms with Gasteiger partial charge >= 0.3 is 0 Å². The topological polar surface area (TPSA) is 41.6 Å². The number of hydrogen-bond donors (Lipinski definition) is 1. The zero-order valence-corrected chi connectivity index (χ0v) is 15.3. The Bertz CT molecular complexity index is 746. The van der Waals surface area contributed by atoms with Crippen LogP contribution >= 0.6 is 23.2 Å². The molecule has 1 N–H and O–H groups in total. The van der Waals surface area contributed by atoms with E-state index in [1.807, 2.05) is 24.3 Å². The van der Waals surface area contributed by atoms with E-state index >= 15 is 0 Å². The highest BCUT2D eigenvalue weighted by Crippen LogP contribution is 2.29.